The van der Waals surface area contributed by atoms with E-state index in [1.54, 1.807) is 0 Å². The summed E-state index contributed by atoms with van der Waals surface area (Å²) < 4.78 is 0. The van der Waals surface area contributed by atoms with Crippen molar-refractivity contribution in [2.75, 3.05) is 13.2 Å². The largest absolute Gasteiger partial charge is 0.395 e. The molecule has 0 aromatic heterocycles. The number of hydrogen-bond acceptors (Lipinski definition) is 2. The minimum atomic E-state index is 0.310. The Bertz CT molecular complexity index is 121. The summed E-state index contributed by atoms with van der Waals surface area (Å²) in [6.07, 6.45) is 7.87. The molecule has 0 saturated heterocycles. The fraction of sp³-hybridized carbons (Fsp3) is 1.00. The molecule has 0 radical (unpaired) electrons. The zero-order valence-corrected chi connectivity index (χ0v) is 8.76. The van der Waals surface area contributed by atoms with Gasteiger partial charge in [-0.3, -0.25) is 0 Å². The number of hydrogen-bond donors (Lipinski definition) is 2. The molecule has 1 rings (SSSR count). The van der Waals surface area contributed by atoms with E-state index in [-0.39, 0.29) is 0 Å². The second-order valence-corrected chi connectivity index (χ2v) is 4.14. The zero-order chi connectivity index (χ0) is 9.52. The van der Waals surface area contributed by atoms with Gasteiger partial charge in [0.2, 0.25) is 0 Å². The van der Waals surface area contributed by atoms with E-state index in [2.05, 4.69) is 12.2 Å². The molecule has 0 heterocycles. The van der Waals surface area contributed by atoms with Crippen LogP contribution in [0.25, 0.3) is 0 Å². The predicted octanol–water partition coefficient (Wildman–Crippen LogP) is 1.93. The van der Waals surface area contributed by atoms with Crippen molar-refractivity contribution in [2.45, 2.75) is 51.5 Å². The van der Waals surface area contributed by atoms with Crippen LogP contribution in [0.2, 0.25) is 0 Å². The molecule has 1 saturated carbocycles. The molecule has 1 aliphatic carbocycles. The van der Waals surface area contributed by atoms with Gasteiger partial charge in [-0.2, -0.15) is 0 Å². The van der Waals surface area contributed by atoms with Gasteiger partial charge in [-0.05, 0) is 31.7 Å². The van der Waals surface area contributed by atoms with E-state index < -0.39 is 0 Å². The van der Waals surface area contributed by atoms with Gasteiger partial charge in [0.15, 0.2) is 0 Å². The molecule has 0 aromatic rings. The first-order valence-electron chi connectivity index (χ1n) is 5.72. The Morgan fingerprint density at radius 2 is 2.00 bits per heavy atom. The van der Waals surface area contributed by atoms with Crippen molar-refractivity contribution in [2.24, 2.45) is 5.92 Å². The van der Waals surface area contributed by atoms with Gasteiger partial charge in [-0.25, -0.2) is 0 Å². The Kier molecular flexibility index (Phi) is 5.40. The summed E-state index contributed by atoms with van der Waals surface area (Å²) in [4.78, 5) is 0. The summed E-state index contributed by atoms with van der Waals surface area (Å²) in [5, 5.41) is 12.7. The highest BCUT2D eigenvalue weighted by atomic mass is 16.3. The Morgan fingerprint density at radius 1 is 1.31 bits per heavy atom. The maximum atomic E-state index is 9.24. The molecule has 0 spiro atoms. The maximum absolute atomic E-state index is 9.24. The van der Waals surface area contributed by atoms with E-state index in [0.717, 1.165) is 18.9 Å². The van der Waals surface area contributed by atoms with Gasteiger partial charge in [0.25, 0.3) is 0 Å². The number of aliphatic hydroxyl groups is 1. The lowest BCUT2D eigenvalue weighted by Gasteiger charge is -2.29. The van der Waals surface area contributed by atoms with Crippen LogP contribution in [0.15, 0.2) is 0 Å². The second kappa shape index (κ2) is 6.39. The number of rotatable bonds is 5. The first kappa shape index (κ1) is 11.0. The molecule has 1 unspecified atom stereocenters. The molecule has 2 N–H and O–H groups in total. The van der Waals surface area contributed by atoms with Crippen molar-refractivity contribution < 1.29 is 5.11 Å². The Hall–Kier alpha value is -0.0800. The van der Waals surface area contributed by atoms with Crippen molar-refractivity contribution in [3.05, 3.63) is 0 Å². The van der Waals surface area contributed by atoms with Gasteiger partial charge in [0, 0.05) is 6.04 Å². The second-order valence-electron chi connectivity index (χ2n) is 4.14. The summed E-state index contributed by atoms with van der Waals surface area (Å²) in [7, 11) is 0. The third-order valence-corrected chi connectivity index (χ3v) is 3.07. The van der Waals surface area contributed by atoms with E-state index >= 15 is 0 Å². The molecule has 13 heavy (non-hydrogen) atoms. The summed E-state index contributed by atoms with van der Waals surface area (Å²) in [5.41, 5.74) is 0. The number of aliphatic hydroxyl groups excluding tert-OH is 1. The minimum absolute atomic E-state index is 0.310. The van der Waals surface area contributed by atoms with Crippen LogP contribution in [0.1, 0.15) is 45.4 Å². The molecule has 1 atom stereocenters. The Morgan fingerprint density at radius 3 is 2.54 bits per heavy atom. The van der Waals surface area contributed by atoms with Crippen molar-refractivity contribution in [1.29, 1.82) is 0 Å². The van der Waals surface area contributed by atoms with E-state index in [4.69, 9.17) is 0 Å². The molecule has 0 aromatic carbocycles. The lowest BCUT2D eigenvalue weighted by Crippen LogP contribution is -2.40. The van der Waals surface area contributed by atoms with Crippen LogP contribution < -0.4 is 5.32 Å². The standard InChI is InChI=1S/C11H23NO/c1-2-8-12-11(9-13)10-6-4-3-5-7-10/h10-13H,2-9H2,1H3. The van der Waals surface area contributed by atoms with Gasteiger partial charge < -0.3 is 10.4 Å². The number of nitrogens with one attached hydrogen (secondary N) is 1. The first-order chi connectivity index (χ1) is 6.38. The van der Waals surface area contributed by atoms with Crippen molar-refractivity contribution >= 4 is 0 Å². The minimum Gasteiger partial charge on any atom is -0.395 e. The van der Waals surface area contributed by atoms with Crippen LogP contribution >= 0.6 is 0 Å². The highest BCUT2D eigenvalue weighted by molar-refractivity contribution is 4.78. The predicted molar refractivity (Wildman–Crippen MR) is 55.7 cm³/mol. The highest BCUT2D eigenvalue weighted by Gasteiger charge is 2.21. The summed E-state index contributed by atoms with van der Waals surface area (Å²) in [6.45, 7) is 3.52. The van der Waals surface area contributed by atoms with Crippen molar-refractivity contribution in [1.82, 2.24) is 5.32 Å². The molecule has 0 amide bonds. The quantitative estimate of drug-likeness (QED) is 0.686. The van der Waals surface area contributed by atoms with Gasteiger partial charge >= 0.3 is 0 Å². The van der Waals surface area contributed by atoms with Crippen molar-refractivity contribution in [3.8, 4) is 0 Å². The molecule has 1 fully saturated rings. The van der Waals surface area contributed by atoms with Gasteiger partial charge in [0.1, 0.15) is 0 Å². The van der Waals surface area contributed by atoms with Crippen LogP contribution in [-0.4, -0.2) is 24.3 Å². The molecular formula is C11H23NO. The van der Waals surface area contributed by atoms with Crippen LogP contribution in [0.4, 0.5) is 0 Å². The van der Waals surface area contributed by atoms with Gasteiger partial charge in [-0.15, -0.1) is 0 Å². The average molecular weight is 185 g/mol. The van der Waals surface area contributed by atoms with Crippen LogP contribution in [0.3, 0.4) is 0 Å². The van der Waals surface area contributed by atoms with Crippen molar-refractivity contribution in [3.63, 3.8) is 0 Å². The zero-order valence-electron chi connectivity index (χ0n) is 8.76. The molecule has 1 aliphatic rings. The normalized spacial score (nSPS) is 21.7. The smallest absolute Gasteiger partial charge is 0.0587 e. The third kappa shape index (κ3) is 3.65. The van der Waals surface area contributed by atoms with E-state index in [1.807, 2.05) is 0 Å². The van der Waals surface area contributed by atoms with E-state index in [9.17, 15) is 5.11 Å². The summed E-state index contributed by atoms with van der Waals surface area (Å²) in [5.74, 6) is 0.727. The summed E-state index contributed by atoms with van der Waals surface area (Å²) >= 11 is 0. The third-order valence-electron chi connectivity index (χ3n) is 3.07. The molecule has 78 valence electrons. The highest BCUT2D eigenvalue weighted by Crippen LogP contribution is 2.26. The van der Waals surface area contributed by atoms with Gasteiger partial charge in [0.05, 0.1) is 6.61 Å². The van der Waals surface area contributed by atoms with E-state index in [0.29, 0.717) is 12.6 Å². The average Bonchev–Trinajstić information content (AvgIpc) is 2.21. The Labute approximate surface area is 81.7 Å². The van der Waals surface area contributed by atoms with Crippen LogP contribution in [0.5, 0.6) is 0 Å². The first-order valence-corrected chi connectivity index (χ1v) is 5.72. The van der Waals surface area contributed by atoms with Crippen LogP contribution in [0, 0.1) is 5.92 Å². The summed E-state index contributed by atoms with van der Waals surface area (Å²) in [6, 6.07) is 0.361. The molecule has 0 bridgehead atoms. The fourth-order valence-electron chi connectivity index (χ4n) is 2.25. The topological polar surface area (TPSA) is 32.3 Å². The lowest BCUT2D eigenvalue weighted by atomic mass is 9.84. The van der Waals surface area contributed by atoms with Crippen LogP contribution in [-0.2, 0) is 0 Å². The maximum Gasteiger partial charge on any atom is 0.0587 e. The SMILES string of the molecule is CCCNC(CO)C1CCCCC1. The van der Waals surface area contributed by atoms with E-state index in [1.165, 1.54) is 32.1 Å². The molecule has 2 nitrogen and oxygen atoms in total. The molecule has 2 heteroatoms. The Balaban J connectivity index is 2.26. The van der Waals surface area contributed by atoms with Gasteiger partial charge in [-0.1, -0.05) is 26.2 Å². The lowest BCUT2D eigenvalue weighted by molar-refractivity contribution is 0.172. The molecule has 0 aliphatic heterocycles. The fourth-order valence-corrected chi connectivity index (χ4v) is 2.25. The monoisotopic (exact) mass is 185 g/mol. The molecular weight excluding hydrogens is 162 g/mol.